The summed E-state index contributed by atoms with van der Waals surface area (Å²) in [5.74, 6) is -2.91. The predicted molar refractivity (Wildman–Crippen MR) is 73.8 cm³/mol. The third-order valence-electron chi connectivity index (χ3n) is 3.48. The number of nitrogens with one attached hydrogen (secondary N) is 1. The molecule has 2 aromatic rings. The van der Waals surface area contributed by atoms with Crippen molar-refractivity contribution in [2.24, 2.45) is 0 Å². The van der Waals surface area contributed by atoms with Crippen LogP contribution in [0.2, 0.25) is 5.02 Å². The van der Waals surface area contributed by atoms with E-state index in [-0.39, 0.29) is 17.8 Å². The molecular weight excluding hydrogens is 282 g/mol. The number of aliphatic hydroxyl groups is 1. The Labute approximate surface area is 118 Å². The zero-order valence-electron chi connectivity index (χ0n) is 10.2. The number of benzene rings is 1. The molecular formula is C14H10ClNO4. The number of aliphatic carboxylic acids is 1. The van der Waals surface area contributed by atoms with Crippen molar-refractivity contribution >= 4 is 40.0 Å². The van der Waals surface area contributed by atoms with Crippen LogP contribution in [-0.4, -0.2) is 26.9 Å². The lowest BCUT2D eigenvalue weighted by atomic mass is 9.91. The van der Waals surface area contributed by atoms with Crippen LogP contribution >= 0.6 is 11.6 Å². The molecule has 0 bridgehead atoms. The van der Waals surface area contributed by atoms with E-state index in [1.165, 1.54) is 0 Å². The summed E-state index contributed by atoms with van der Waals surface area (Å²) in [6.45, 7) is 0. The fraction of sp³-hybridized carbons (Fsp3) is 0.143. The highest BCUT2D eigenvalue weighted by atomic mass is 35.5. The van der Waals surface area contributed by atoms with Crippen LogP contribution in [0.15, 0.2) is 23.8 Å². The molecule has 1 aliphatic carbocycles. The summed E-state index contributed by atoms with van der Waals surface area (Å²) in [6.07, 6.45) is 0.703. The second-order valence-corrected chi connectivity index (χ2v) is 5.07. The van der Waals surface area contributed by atoms with Gasteiger partial charge in [-0.25, -0.2) is 4.79 Å². The van der Waals surface area contributed by atoms with Gasteiger partial charge in [-0.15, -0.1) is 0 Å². The van der Waals surface area contributed by atoms with Crippen molar-refractivity contribution in [3.8, 4) is 0 Å². The van der Waals surface area contributed by atoms with Crippen LogP contribution in [0.3, 0.4) is 0 Å². The molecule has 0 spiro atoms. The minimum Gasteiger partial charge on any atom is -0.505 e. The summed E-state index contributed by atoms with van der Waals surface area (Å²) < 4.78 is 0. The maximum atomic E-state index is 11.5. The number of hydrogen-bond donors (Lipinski definition) is 3. The number of carbonyl (C=O) groups is 2. The Morgan fingerprint density at radius 3 is 2.70 bits per heavy atom. The van der Waals surface area contributed by atoms with E-state index in [1.807, 2.05) is 6.07 Å². The van der Waals surface area contributed by atoms with Gasteiger partial charge in [-0.3, -0.25) is 4.79 Å². The average molecular weight is 292 g/mol. The molecule has 5 nitrogen and oxygen atoms in total. The Balaban J connectivity index is 2.21. The first-order valence-electron chi connectivity index (χ1n) is 5.99. The van der Waals surface area contributed by atoms with Crippen LogP contribution in [0.25, 0.3) is 16.7 Å². The van der Waals surface area contributed by atoms with Crippen molar-refractivity contribution in [2.75, 3.05) is 0 Å². The third kappa shape index (κ3) is 1.78. The number of Topliss-reactive ketones (excluding diaryl/α,β-unsaturated/α-hetero) is 1. The topological polar surface area (TPSA) is 90.4 Å². The van der Waals surface area contributed by atoms with E-state index >= 15 is 0 Å². The molecule has 20 heavy (non-hydrogen) atoms. The molecule has 1 aromatic heterocycles. The average Bonchev–Trinajstić information content (AvgIpc) is 2.77. The minimum absolute atomic E-state index is 0.0670. The molecule has 102 valence electrons. The molecule has 0 saturated heterocycles. The van der Waals surface area contributed by atoms with E-state index < -0.39 is 11.8 Å². The monoisotopic (exact) mass is 291 g/mol. The number of aliphatic hydroxyl groups excluding tert-OH is 1. The SMILES string of the molecule is O=C(O)C(=O)C1=C(O)c2[nH]c3cc(Cl)ccc3c2CC1. The predicted octanol–water partition coefficient (Wildman–Crippen LogP) is 2.69. The first-order valence-corrected chi connectivity index (χ1v) is 6.37. The normalized spacial score (nSPS) is 14.4. The van der Waals surface area contributed by atoms with Crippen molar-refractivity contribution in [3.63, 3.8) is 0 Å². The number of rotatable bonds is 2. The molecule has 1 aliphatic rings. The maximum Gasteiger partial charge on any atom is 0.377 e. The lowest BCUT2D eigenvalue weighted by molar-refractivity contribution is -0.147. The zero-order valence-corrected chi connectivity index (χ0v) is 11.0. The Bertz CT molecular complexity index is 788. The van der Waals surface area contributed by atoms with Gasteiger partial charge in [-0.2, -0.15) is 0 Å². The Kier molecular flexibility index (Phi) is 2.79. The molecule has 0 fully saturated rings. The first kappa shape index (κ1) is 12.7. The zero-order chi connectivity index (χ0) is 14.4. The first-order chi connectivity index (χ1) is 9.49. The van der Waals surface area contributed by atoms with Gasteiger partial charge in [-0.1, -0.05) is 17.7 Å². The molecule has 1 aromatic carbocycles. The second kappa shape index (κ2) is 4.38. The number of carboxylic acids is 1. The van der Waals surface area contributed by atoms with E-state index in [4.69, 9.17) is 16.7 Å². The van der Waals surface area contributed by atoms with Crippen molar-refractivity contribution in [1.29, 1.82) is 0 Å². The fourth-order valence-corrected chi connectivity index (χ4v) is 2.73. The Morgan fingerprint density at radius 2 is 2.00 bits per heavy atom. The van der Waals surface area contributed by atoms with Gasteiger partial charge in [-0.05, 0) is 30.5 Å². The molecule has 0 atom stereocenters. The summed E-state index contributed by atoms with van der Waals surface area (Å²) in [6, 6.07) is 5.31. The lowest BCUT2D eigenvalue weighted by Crippen LogP contribution is -2.19. The largest absolute Gasteiger partial charge is 0.505 e. The van der Waals surface area contributed by atoms with Gasteiger partial charge >= 0.3 is 5.97 Å². The van der Waals surface area contributed by atoms with E-state index in [2.05, 4.69) is 4.98 Å². The minimum atomic E-state index is -1.56. The molecule has 0 saturated carbocycles. The van der Waals surface area contributed by atoms with Crippen LogP contribution in [0, 0.1) is 0 Å². The number of ketones is 1. The number of fused-ring (bicyclic) bond motifs is 3. The quantitative estimate of drug-likeness (QED) is 0.742. The van der Waals surface area contributed by atoms with E-state index in [9.17, 15) is 14.7 Å². The number of carbonyl (C=O) groups excluding carboxylic acids is 1. The molecule has 0 aliphatic heterocycles. The van der Waals surface area contributed by atoms with Gasteiger partial charge < -0.3 is 15.2 Å². The van der Waals surface area contributed by atoms with Crippen LogP contribution in [0.1, 0.15) is 17.7 Å². The van der Waals surface area contributed by atoms with Crippen molar-refractivity contribution in [3.05, 3.63) is 40.1 Å². The summed E-state index contributed by atoms with van der Waals surface area (Å²) in [4.78, 5) is 25.3. The maximum absolute atomic E-state index is 11.5. The van der Waals surface area contributed by atoms with Gasteiger partial charge in [0.2, 0.25) is 0 Å². The van der Waals surface area contributed by atoms with E-state index in [1.54, 1.807) is 12.1 Å². The van der Waals surface area contributed by atoms with Gasteiger partial charge in [0.15, 0.2) is 0 Å². The summed E-state index contributed by atoms with van der Waals surface area (Å²) >= 11 is 5.91. The van der Waals surface area contributed by atoms with Crippen LogP contribution < -0.4 is 0 Å². The summed E-state index contributed by atoms with van der Waals surface area (Å²) in [5.41, 5.74) is 1.95. The molecule has 3 rings (SSSR count). The number of carboxylic acid groups (broad SMARTS) is 1. The molecule has 6 heteroatoms. The van der Waals surface area contributed by atoms with Crippen LogP contribution in [-0.2, 0) is 16.0 Å². The van der Waals surface area contributed by atoms with Gasteiger partial charge in [0.05, 0.1) is 11.3 Å². The van der Waals surface area contributed by atoms with Crippen molar-refractivity contribution < 1.29 is 19.8 Å². The molecule has 1 heterocycles. The second-order valence-electron chi connectivity index (χ2n) is 4.63. The summed E-state index contributed by atoms with van der Waals surface area (Å²) in [5, 5.41) is 20.4. The number of hydrogen-bond acceptors (Lipinski definition) is 3. The van der Waals surface area contributed by atoms with Gasteiger partial charge in [0.1, 0.15) is 5.76 Å². The number of aryl methyl sites for hydroxylation is 1. The van der Waals surface area contributed by atoms with Crippen LogP contribution in [0.5, 0.6) is 0 Å². The fourth-order valence-electron chi connectivity index (χ4n) is 2.56. The van der Waals surface area contributed by atoms with E-state index in [0.717, 1.165) is 16.5 Å². The van der Waals surface area contributed by atoms with Crippen molar-refractivity contribution in [2.45, 2.75) is 12.8 Å². The smallest absolute Gasteiger partial charge is 0.377 e. The molecule has 0 radical (unpaired) electrons. The number of halogens is 1. The highest BCUT2D eigenvalue weighted by molar-refractivity contribution is 6.41. The van der Waals surface area contributed by atoms with E-state index in [0.29, 0.717) is 17.1 Å². The number of aromatic nitrogens is 1. The Hall–Kier alpha value is -2.27. The molecule has 0 amide bonds. The highest BCUT2D eigenvalue weighted by Crippen LogP contribution is 2.35. The van der Waals surface area contributed by atoms with Crippen molar-refractivity contribution in [1.82, 2.24) is 4.98 Å². The highest BCUT2D eigenvalue weighted by Gasteiger charge is 2.29. The number of aromatic amines is 1. The molecule has 0 unspecified atom stereocenters. The van der Waals surface area contributed by atoms with Crippen LogP contribution in [0.4, 0.5) is 0 Å². The van der Waals surface area contributed by atoms with Gasteiger partial charge in [0, 0.05) is 15.9 Å². The standard InChI is InChI=1S/C14H10ClNO4/c15-6-1-2-7-8-3-4-9(13(18)14(19)20)12(17)11(8)16-10(7)5-6/h1-2,5,16-17H,3-4H2,(H,19,20). The number of H-pyrrole nitrogens is 1. The van der Waals surface area contributed by atoms with Gasteiger partial charge in [0.25, 0.3) is 5.78 Å². The summed E-state index contributed by atoms with van der Waals surface area (Å²) in [7, 11) is 0. The molecule has 3 N–H and O–H groups in total. The third-order valence-corrected chi connectivity index (χ3v) is 3.72. The Morgan fingerprint density at radius 1 is 1.25 bits per heavy atom. The lowest BCUT2D eigenvalue weighted by Gasteiger charge is -2.14.